The number of rotatable bonds is 5. The molecule has 0 aliphatic heterocycles. The summed E-state index contributed by atoms with van der Waals surface area (Å²) < 4.78 is 10.6. The number of nitrogens with two attached hydrogens (primary N) is 1. The minimum absolute atomic E-state index is 0.229. The smallest absolute Gasteiger partial charge is 0.323 e. The number of hydrogen-bond acceptors (Lipinski definition) is 5. The van der Waals surface area contributed by atoms with Crippen molar-refractivity contribution >= 4 is 5.97 Å². The van der Waals surface area contributed by atoms with Crippen molar-refractivity contribution < 1.29 is 13.9 Å². The van der Waals surface area contributed by atoms with Crippen LogP contribution in [0.4, 0.5) is 0 Å². The van der Waals surface area contributed by atoms with E-state index in [0.29, 0.717) is 18.3 Å². The minimum atomic E-state index is -0.753. The number of oxazole rings is 1. The first-order valence-electron chi connectivity index (χ1n) is 6.55. The van der Waals surface area contributed by atoms with Gasteiger partial charge in [-0.15, -0.1) is 0 Å². The lowest BCUT2D eigenvalue weighted by Crippen LogP contribution is -2.34. The third kappa shape index (κ3) is 3.24. The lowest BCUT2D eigenvalue weighted by atomic mass is 10.1. The van der Waals surface area contributed by atoms with E-state index in [1.54, 1.807) is 6.92 Å². The third-order valence-corrected chi connectivity index (χ3v) is 2.86. The van der Waals surface area contributed by atoms with E-state index in [1.165, 1.54) is 0 Å². The van der Waals surface area contributed by atoms with E-state index in [2.05, 4.69) is 4.98 Å². The Morgan fingerprint density at radius 1 is 1.40 bits per heavy atom. The van der Waals surface area contributed by atoms with Gasteiger partial charge >= 0.3 is 5.97 Å². The van der Waals surface area contributed by atoms with Crippen LogP contribution in [-0.4, -0.2) is 23.6 Å². The zero-order chi connectivity index (χ0) is 14.5. The average molecular weight is 274 g/mol. The van der Waals surface area contributed by atoms with Crippen molar-refractivity contribution in [3.63, 3.8) is 0 Å². The number of carbonyl (C=O) groups excluding carboxylic acids is 1. The zero-order valence-corrected chi connectivity index (χ0v) is 11.6. The Morgan fingerprint density at radius 2 is 2.10 bits per heavy atom. The third-order valence-electron chi connectivity index (χ3n) is 2.86. The second-order valence-electron chi connectivity index (χ2n) is 4.45. The Kier molecular flexibility index (Phi) is 4.53. The van der Waals surface area contributed by atoms with E-state index in [0.717, 1.165) is 11.3 Å². The Labute approximate surface area is 117 Å². The average Bonchev–Trinajstić information content (AvgIpc) is 2.80. The molecule has 0 spiro atoms. The van der Waals surface area contributed by atoms with Gasteiger partial charge in [0.05, 0.1) is 18.7 Å². The van der Waals surface area contributed by atoms with E-state index >= 15 is 0 Å². The second-order valence-corrected chi connectivity index (χ2v) is 4.45. The molecule has 0 aliphatic rings. The molecule has 1 heterocycles. The molecule has 0 amide bonds. The summed E-state index contributed by atoms with van der Waals surface area (Å²) in [5.74, 6) is 0.711. The number of hydrogen-bond donors (Lipinski definition) is 1. The SMILES string of the molecule is CCOC(=O)[C@@H](N)Cc1nc(C)c(-c2ccccc2)o1. The minimum Gasteiger partial charge on any atom is -0.465 e. The molecule has 1 aromatic heterocycles. The summed E-state index contributed by atoms with van der Waals surface area (Å²) in [7, 11) is 0. The van der Waals surface area contributed by atoms with Gasteiger partial charge in [-0.05, 0) is 13.8 Å². The van der Waals surface area contributed by atoms with Crippen molar-refractivity contribution in [2.24, 2.45) is 5.73 Å². The predicted octanol–water partition coefficient (Wildman–Crippen LogP) is 2.08. The summed E-state index contributed by atoms with van der Waals surface area (Å²) in [4.78, 5) is 15.8. The van der Waals surface area contributed by atoms with Crippen molar-refractivity contribution in [2.45, 2.75) is 26.3 Å². The molecule has 0 bridgehead atoms. The number of ether oxygens (including phenoxy) is 1. The standard InChI is InChI=1S/C15H18N2O3/c1-3-19-15(18)12(16)9-13-17-10(2)14(20-13)11-7-5-4-6-8-11/h4-8,12H,3,9,16H2,1-2H3/t12-/m0/s1. The first-order chi connectivity index (χ1) is 9.61. The molecule has 5 heteroatoms. The molecule has 0 fully saturated rings. The van der Waals surface area contributed by atoms with Crippen LogP contribution in [0.2, 0.25) is 0 Å². The van der Waals surface area contributed by atoms with Crippen LogP contribution < -0.4 is 5.73 Å². The van der Waals surface area contributed by atoms with Crippen LogP contribution >= 0.6 is 0 Å². The Morgan fingerprint density at radius 3 is 2.75 bits per heavy atom. The maximum Gasteiger partial charge on any atom is 0.323 e. The Balaban J connectivity index is 2.14. The highest BCUT2D eigenvalue weighted by Gasteiger charge is 2.19. The number of aryl methyl sites for hydroxylation is 1. The van der Waals surface area contributed by atoms with Crippen LogP contribution in [0.25, 0.3) is 11.3 Å². The Bertz CT molecular complexity index is 578. The molecule has 2 N–H and O–H groups in total. The maximum atomic E-state index is 11.5. The molecule has 0 aliphatic carbocycles. The lowest BCUT2D eigenvalue weighted by molar-refractivity contribution is -0.144. The van der Waals surface area contributed by atoms with Crippen LogP contribution in [0.3, 0.4) is 0 Å². The van der Waals surface area contributed by atoms with E-state index in [1.807, 2.05) is 37.3 Å². The number of aromatic nitrogens is 1. The van der Waals surface area contributed by atoms with Gasteiger partial charge in [0.2, 0.25) is 0 Å². The quantitative estimate of drug-likeness (QED) is 0.844. The molecule has 20 heavy (non-hydrogen) atoms. The van der Waals surface area contributed by atoms with Crippen LogP contribution in [-0.2, 0) is 16.0 Å². The molecule has 0 radical (unpaired) electrons. The van der Waals surface area contributed by atoms with Crippen LogP contribution in [0.1, 0.15) is 18.5 Å². The molecule has 5 nitrogen and oxygen atoms in total. The number of esters is 1. The molecule has 0 unspecified atom stereocenters. The van der Waals surface area contributed by atoms with Gasteiger partial charge in [-0.2, -0.15) is 0 Å². The second kappa shape index (κ2) is 6.34. The molecular weight excluding hydrogens is 256 g/mol. The van der Waals surface area contributed by atoms with Gasteiger partial charge in [0.1, 0.15) is 6.04 Å². The van der Waals surface area contributed by atoms with Gasteiger partial charge in [0, 0.05) is 5.56 Å². The van der Waals surface area contributed by atoms with E-state index in [-0.39, 0.29) is 6.42 Å². The molecule has 2 aromatic rings. The fourth-order valence-electron chi connectivity index (χ4n) is 1.92. The monoisotopic (exact) mass is 274 g/mol. The molecule has 106 valence electrons. The van der Waals surface area contributed by atoms with Gasteiger partial charge < -0.3 is 14.9 Å². The maximum absolute atomic E-state index is 11.5. The summed E-state index contributed by atoms with van der Waals surface area (Å²) >= 11 is 0. The first-order valence-corrected chi connectivity index (χ1v) is 6.55. The summed E-state index contributed by atoms with van der Waals surface area (Å²) in [6.45, 7) is 3.92. The predicted molar refractivity (Wildman–Crippen MR) is 75.0 cm³/mol. The summed E-state index contributed by atoms with van der Waals surface area (Å²) in [5, 5.41) is 0. The molecular formula is C15H18N2O3. The Hall–Kier alpha value is -2.14. The molecule has 0 saturated heterocycles. The highest BCUT2D eigenvalue weighted by molar-refractivity contribution is 5.75. The van der Waals surface area contributed by atoms with E-state index in [4.69, 9.17) is 14.9 Å². The molecule has 1 atom stereocenters. The van der Waals surface area contributed by atoms with Crippen molar-refractivity contribution in [1.82, 2.24) is 4.98 Å². The van der Waals surface area contributed by atoms with Crippen molar-refractivity contribution in [3.8, 4) is 11.3 Å². The van der Waals surface area contributed by atoms with Crippen molar-refractivity contribution in [1.29, 1.82) is 0 Å². The van der Waals surface area contributed by atoms with Crippen molar-refractivity contribution in [2.75, 3.05) is 6.61 Å². The van der Waals surface area contributed by atoms with Gasteiger partial charge in [-0.1, -0.05) is 30.3 Å². The largest absolute Gasteiger partial charge is 0.465 e. The number of benzene rings is 1. The topological polar surface area (TPSA) is 78.4 Å². The van der Waals surface area contributed by atoms with E-state index in [9.17, 15) is 4.79 Å². The number of nitrogens with zero attached hydrogens (tertiary/aromatic N) is 1. The molecule has 1 aromatic carbocycles. The fraction of sp³-hybridized carbons (Fsp3) is 0.333. The molecule has 2 rings (SSSR count). The van der Waals surface area contributed by atoms with Crippen molar-refractivity contribution in [3.05, 3.63) is 41.9 Å². The highest BCUT2D eigenvalue weighted by atomic mass is 16.5. The number of carbonyl (C=O) groups is 1. The van der Waals surface area contributed by atoms with Crippen LogP contribution in [0.15, 0.2) is 34.7 Å². The lowest BCUT2D eigenvalue weighted by Gasteiger charge is -2.07. The van der Waals surface area contributed by atoms with Crippen LogP contribution in [0.5, 0.6) is 0 Å². The molecule has 0 saturated carbocycles. The fourth-order valence-corrected chi connectivity index (χ4v) is 1.92. The first kappa shape index (κ1) is 14.3. The summed E-state index contributed by atoms with van der Waals surface area (Å²) in [5.41, 5.74) is 7.49. The van der Waals surface area contributed by atoms with Gasteiger partial charge in [0.25, 0.3) is 0 Å². The van der Waals surface area contributed by atoms with Crippen LogP contribution in [0, 0.1) is 6.92 Å². The normalized spacial score (nSPS) is 12.2. The summed E-state index contributed by atoms with van der Waals surface area (Å²) in [6, 6.07) is 8.94. The van der Waals surface area contributed by atoms with E-state index < -0.39 is 12.0 Å². The van der Waals surface area contributed by atoms with Gasteiger partial charge in [-0.25, -0.2) is 4.98 Å². The summed E-state index contributed by atoms with van der Waals surface area (Å²) in [6.07, 6.45) is 0.229. The van der Waals surface area contributed by atoms with Gasteiger partial charge in [0.15, 0.2) is 11.7 Å². The van der Waals surface area contributed by atoms with Gasteiger partial charge in [-0.3, -0.25) is 4.79 Å². The highest BCUT2D eigenvalue weighted by Crippen LogP contribution is 2.24. The zero-order valence-electron chi connectivity index (χ0n) is 11.6.